The van der Waals surface area contributed by atoms with Crippen LogP contribution in [0.5, 0.6) is 11.6 Å². The van der Waals surface area contributed by atoms with Gasteiger partial charge in [-0.05, 0) is 32.0 Å². The molecule has 0 amide bonds. The molecule has 1 aromatic carbocycles. The third-order valence-corrected chi connectivity index (χ3v) is 2.66. The predicted molar refractivity (Wildman–Crippen MR) is 69.1 cm³/mol. The van der Waals surface area contributed by atoms with Gasteiger partial charge in [-0.1, -0.05) is 11.6 Å². The van der Waals surface area contributed by atoms with Gasteiger partial charge in [-0.25, -0.2) is 4.98 Å². The molecule has 0 spiro atoms. The minimum Gasteiger partial charge on any atom is -0.497 e. The Morgan fingerprint density at radius 1 is 1.24 bits per heavy atom. The average molecular weight is 252 g/mol. The summed E-state index contributed by atoms with van der Waals surface area (Å²) in [5, 5.41) is 2.37. The lowest BCUT2D eigenvalue weighted by molar-refractivity contribution is 0.236. The van der Waals surface area contributed by atoms with E-state index in [1.54, 1.807) is 13.3 Å². The SMILES string of the molecule is COc1ccc2c(OC(C)C)ncc(Cl)c2c1. The van der Waals surface area contributed by atoms with E-state index in [0.29, 0.717) is 10.9 Å². The Hall–Kier alpha value is -1.48. The number of ether oxygens (including phenoxy) is 2. The summed E-state index contributed by atoms with van der Waals surface area (Å²) in [4.78, 5) is 4.21. The minimum atomic E-state index is 0.0778. The summed E-state index contributed by atoms with van der Waals surface area (Å²) in [5.41, 5.74) is 0. The van der Waals surface area contributed by atoms with E-state index in [2.05, 4.69) is 4.98 Å². The molecule has 0 aliphatic heterocycles. The molecule has 3 nitrogen and oxygen atoms in total. The van der Waals surface area contributed by atoms with Gasteiger partial charge in [0.05, 0.1) is 24.4 Å². The number of pyridine rings is 1. The lowest BCUT2D eigenvalue weighted by atomic mass is 10.1. The second-order valence-corrected chi connectivity index (χ2v) is 4.40. The molecule has 17 heavy (non-hydrogen) atoms. The molecule has 0 saturated carbocycles. The summed E-state index contributed by atoms with van der Waals surface area (Å²) >= 11 is 6.12. The molecule has 2 aromatic rings. The quantitative estimate of drug-likeness (QED) is 0.834. The Labute approximate surface area is 105 Å². The van der Waals surface area contributed by atoms with Crippen molar-refractivity contribution in [2.45, 2.75) is 20.0 Å². The van der Waals surface area contributed by atoms with Gasteiger partial charge in [-0.15, -0.1) is 0 Å². The second kappa shape index (κ2) is 4.80. The molecule has 0 bridgehead atoms. The van der Waals surface area contributed by atoms with Crippen molar-refractivity contribution in [3.05, 3.63) is 29.4 Å². The number of rotatable bonds is 3. The van der Waals surface area contributed by atoms with Crippen LogP contribution in [-0.4, -0.2) is 18.2 Å². The molecule has 0 radical (unpaired) electrons. The van der Waals surface area contributed by atoms with Crippen LogP contribution in [0.1, 0.15) is 13.8 Å². The Bertz CT molecular complexity index is 540. The number of methoxy groups -OCH3 is 1. The van der Waals surface area contributed by atoms with Gasteiger partial charge in [0.1, 0.15) is 5.75 Å². The van der Waals surface area contributed by atoms with Gasteiger partial charge in [-0.3, -0.25) is 0 Å². The van der Waals surface area contributed by atoms with Gasteiger partial charge < -0.3 is 9.47 Å². The van der Waals surface area contributed by atoms with Crippen LogP contribution in [0.25, 0.3) is 10.8 Å². The number of hydrogen-bond donors (Lipinski definition) is 0. The smallest absolute Gasteiger partial charge is 0.221 e. The van der Waals surface area contributed by atoms with Crippen molar-refractivity contribution in [1.29, 1.82) is 0 Å². The van der Waals surface area contributed by atoms with Gasteiger partial charge in [0, 0.05) is 10.8 Å². The molecule has 4 heteroatoms. The fraction of sp³-hybridized carbons (Fsp3) is 0.308. The van der Waals surface area contributed by atoms with Crippen molar-refractivity contribution < 1.29 is 9.47 Å². The van der Waals surface area contributed by atoms with E-state index >= 15 is 0 Å². The predicted octanol–water partition coefficient (Wildman–Crippen LogP) is 3.68. The zero-order chi connectivity index (χ0) is 12.4. The van der Waals surface area contributed by atoms with Crippen LogP contribution in [0.15, 0.2) is 24.4 Å². The molecule has 0 atom stereocenters. The summed E-state index contributed by atoms with van der Waals surface area (Å²) in [6, 6.07) is 5.66. The van der Waals surface area contributed by atoms with Crippen molar-refractivity contribution in [3.63, 3.8) is 0 Å². The van der Waals surface area contributed by atoms with Crippen molar-refractivity contribution in [2.24, 2.45) is 0 Å². The highest BCUT2D eigenvalue weighted by atomic mass is 35.5. The molecule has 1 heterocycles. The Morgan fingerprint density at radius 2 is 2.00 bits per heavy atom. The first-order valence-corrected chi connectivity index (χ1v) is 5.78. The zero-order valence-electron chi connectivity index (χ0n) is 10.0. The number of nitrogens with zero attached hydrogens (tertiary/aromatic N) is 1. The van der Waals surface area contributed by atoms with E-state index in [1.807, 2.05) is 32.0 Å². The molecule has 0 unspecified atom stereocenters. The first-order chi connectivity index (χ1) is 8.11. The summed E-state index contributed by atoms with van der Waals surface area (Å²) in [7, 11) is 1.63. The van der Waals surface area contributed by atoms with E-state index in [-0.39, 0.29) is 6.10 Å². The maximum atomic E-state index is 6.12. The highest BCUT2D eigenvalue weighted by molar-refractivity contribution is 6.35. The maximum absolute atomic E-state index is 6.12. The summed E-state index contributed by atoms with van der Waals surface area (Å²) < 4.78 is 10.8. The van der Waals surface area contributed by atoms with Crippen LogP contribution in [0, 0.1) is 0 Å². The van der Waals surface area contributed by atoms with Crippen molar-refractivity contribution in [2.75, 3.05) is 7.11 Å². The molecular weight excluding hydrogens is 238 g/mol. The van der Waals surface area contributed by atoms with Crippen molar-refractivity contribution in [1.82, 2.24) is 4.98 Å². The van der Waals surface area contributed by atoms with Crippen LogP contribution < -0.4 is 9.47 Å². The van der Waals surface area contributed by atoms with Crippen LogP contribution in [0.3, 0.4) is 0 Å². The second-order valence-electron chi connectivity index (χ2n) is 3.99. The summed E-state index contributed by atoms with van der Waals surface area (Å²) in [6.45, 7) is 3.93. The molecular formula is C13H14ClNO2. The molecule has 0 fully saturated rings. The van der Waals surface area contributed by atoms with Crippen molar-refractivity contribution >= 4 is 22.4 Å². The Kier molecular flexibility index (Phi) is 3.38. The average Bonchev–Trinajstić information content (AvgIpc) is 2.32. The van der Waals surface area contributed by atoms with Crippen LogP contribution >= 0.6 is 11.6 Å². The van der Waals surface area contributed by atoms with E-state index in [0.717, 1.165) is 16.5 Å². The summed E-state index contributed by atoms with van der Waals surface area (Å²) in [6.07, 6.45) is 1.68. The van der Waals surface area contributed by atoms with E-state index in [1.165, 1.54) is 0 Å². The monoisotopic (exact) mass is 251 g/mol. The van der Waals surface area contributed by atoms with Crippen LogP contribution in [-0.2, 0) is 0 Å². The topological polar surface area (TPSA) is 31.4 Å². The van der Waals surface area contributed by atoms with Gasteiger partial charge in [-0.2, -0.15) is 0 Å². The highest BCUT2D eigenvalue weighted by Gasteiger charge is 2.09. The van der Waals surface area contributed by atoms with E-state index in [4.69, 9.17) is 21.1 Å². The lowest BCUT2D eigenvalue weighted by Crippen LogP contribution is -2.07. The number of benzene rings is 1. The fourth-order valence-electron chi connectivity index (χ4n) is 1.61. The first kappa shape index (κ1) is 12.0. The number of hydrogen-bond acceptors (Lipinski definition) is 3. The summed E-state index contributed by atoms with van der Waals surface area (Å²) in [5.74, 6) is 1.36. The Balaban J connectivity index is 2.61. The van der Waals surface area contributed by atoms with Crippen LogP contribution in [0.2, 0.25) is 5.02 Å². The third-order valence-electron chi connectivity index (χ3n) is 2.36. The highest BCUT2D eigenvalue weighted by Crippen LogP contribution is 2.32. The van der Waals surface area contributed by atoms with Crippen LogP contribution in [0.4, 0.5) is 0 Å². The van der Waals surface area contributed by atoms with Gasteiger partial charge in [0.2, 0.25) is 5.88 Å². The first-order valence-electron chi connectivity index (χ1n) is 5.40. The minimum absolute atomic E-state index is 0.0778. The Morgan fingerprint density at radius 3 is 2.65 bits per heavy atom. The van der Waals surface area contributed by atoms with Crippen molar-refractivity contribution in [3.8, 4) is 11.6 Å². The molecule has 0 aliphatic carbocycles. The normalized spacial score (nSPS) is 10.9. The standard InChI is InChI=1S/C13H14ClNO2/c1-8(2)17-13-10-5-4-9(16-3)6-11(10)12(14)7-15-13/h4-8H,1-3H3. The maximum Gasteiger partial charge on any atom is 0.221 e. The van der Waals surface area contributed by atoms with Gasteiger partial charge >= 0.3 is 0 Å². The van der Waals surface area contributed by atoms with Gasteiger partial charge in [0.15, 0.2) is 0 Å². The molecule has 2 rings (SSSR count). The number of aromatic nitrogens is 1. The van der Waals surface area contributed by atoms with E-state index < -0.39 is 0 Å². The lowest BCUT2D eigenvalue weighted by Gasteiger charge is -2.12. The fourth-order valence-corrected chi connectivity index (χ4v) is 1.81. The molecule has 0 aliphatic rings. The molecule has 0 N–H and O–H groups in total. The van der Waals surface area contributed by atoms with Gasteiger partial charge in [0.25, 0.3) is 0 Å². The molecule has 1 aromatic heterocycles. The third kappa shape index (κ3) is 2.44. The molecule has 0 saturated heterocycles. The molecule has 90 valence electrons. The van der Waals surface area contributed by atoms with E-state index in [9.17, 15) is 0 Å². The zero-order valence-corrected chi connectivity index (χ0v) is 10.8. The largest absolute Gasteiger partial charge is 0.497 e. The number of halogens is 1. The number of fused-ring (bicyclic) bond motifs is 1.